The fraction of sp³-hybridized carbons (Fsp3) is 0.148. The molecule has 3 aromatic carbocycles. The summed E-state index contributed by atoms with van der Waals surface area (Å²) < 4.78 is 6.50. The van der Waals surface area contributed by atoms with Crippen LogP contribution in [0.15, 0.2) is 70.8 Å². The van der Waals surface area contributed by atoms with Gasteiger partial charge in [-0.1, -0.05) is 60.5 Å². The number of carbonyl (C=O) groups excluding carboxylic acids is 3. The third-order valence-electron chi connectivity index (χ3n) is 5.60. The van der Waals surface area contributed by atoms with Crippen molar-refractivity contribution < 1.29 is 19.1 Å². The van der Waals surface area contributed by atoms with Crippen molar-refractivity contribution in [1.82, 2.24) is 10.2 Å². The van der Waals surface area contributed by atoms with E-state index in [2.05, 4.69) is 26.6 Å². The second-order valence-corrected chi connectivity index (χ2v) is 9.85. The summed E-state index contributed by atoms with van der Waals surface area (Å²) in [5, 5.41) is 6.35. The fourth-order valence-corrected chi connectivity index (χ4v) is 4.66. The highest BCUT2D eigenvalue weighted by Gasteiger charge is 2.35. The van der Waals surface area contributed by atoms with Crippen LogP contribution in [0, 0.1) is 0 Å². The van der Waals surface area contributed by atoms with Crippen molar-refractivity contribution in [3.63, 3.8) is 0 Å². The number of amides is 4. The summed E-state index contributed by atoms with van der Waals surface area (Å²) in [4.78, 5) is 38.7. The molecule has 37 heavy (non-hydrogen) atoms. The zero-order valence-electron chi connectivity index (χ0n) is 19.7. The average Bonchev–Trinajstić information content (AvgIpc) is 3.12. The van der Waals surface area contributed by atoms with Gasteiger partial charge in [0.2, 0.25) is 5.91 Å². The van der Waals surface area contributed by atoms with Gasteiger partial charge in [-0.3, -0.25) is 9.59 Å². The molecule has 0 radical (unpaired) electrons. The molecule has 2 N–H and O–H groups in total. The molecule has 3 aromatic rings. The summed E-state index contributed by atoms with van der Waals surface area (Å²) in [6.07, 6.45) is 2.27. The quantitative estimate of drug-likeness (QED) is 0.230. The first-order valence-corrected chi connectivity index (χ1v) is 12.9. The Labute approximate surface area is 232 Å². The van der Waals surface area contributed by atoms with Crippen LogP contribution in [0.5, 0.6) is 5.75 Å². The summed E-state index contributed by atoms with van der Waals surface area (Å²) in [5.41, 5.74) is 3.12. The van der Waals surface area contributed by atoms with E-state index in [0.29, 0.717) is 31.5 Å². The molecule has 0 bridgehead atoms. The fourth-order valence-electron chi connectivity index (χ4n) is 3.68. The Morgan fingerprint density at radius 2 is 1.86 bits per heavy atom. The predicted octanol–water partition coefficient (Wildman–Crippen LogP) is 6.43. The minimum atomic E-state index is -0.658. The first kappa shape index (κ1) is 26.7. The summed E-state index contributed by atoms with van der Waals surface area (Å²) in [7, 11) is 0. The van der Waals surface area contributed by atoms with Gasteiger partial charge in [-0.15, -0.1) is 0 Å². The zero-order valence-corrected chi connectivity index (χ0v) is 22.8. The van der Waals surface area contributed by atoms with Gasteiger partial charge in [-0.2, -0.15) is 0 Å². The highest BCUT2D eigenvalue weighted by atomic mass is 79.9. The van der Waals surface area contributed by atoms with Gasteiger partial charge in [-0.25, -0.2) is 9.69 Å². The van der Waals surface area contributed by atoms with E-state index in [0.717, 1.165) is 22.4 Å². The van der Waals surface area contributed by atoms with Gasteiger partial charge in [0.25, 0.3) is 5.91 Å². The molecule has 1 heterocycles. The average molecular weight is 603 g/mol. The molecule has 0 unspecified atom stereocenters. The van der Waals surface area contributed by atoms with Gasteiger partial charge < -0.3 is 15.4 Å². The molecule has 0 aliphatic carbocycles. The molecule has 0 spiro atoms. The second-order valence-electron chi connectivity index (χ2n) is 8.15. The number of hydrogen-bond acceptors (Lipinski definition) is 4. The third-order valence-corrected chi connectivity index (χ3v) is 6.81. The number of carbonyl (C=O) groups is 3. The number of nitrogens with zero attached hydrogens (tertiary/aromatic N) is 1. The lowest BCUT2D eigenvalue weighted by Crippen LogP contribution is -2.38. The second kappa shape index (κ2) is 11.8. The number of para-hydroxylation sites is 1. The van der Waals surface area contributed by atoms with E-state index < -0.39 is 24.4 Å². The maximum atomic E-state index is 12.8. The van der Waals surface area contributed by atoms with Crippen LogP contribution in [0.2, 0.25) is 10.0 Å². The summed E-state index contributed by atoms with van der Waals surface area (Å²) in [6.45, 7) is 1.82. The number of rotatable bonds is 8. The van der Waals surface area contributed by atoms with Gasteiger partial charge in [0.15, 0.2) is 0 Å². The standard InChI is InChI=1S/C27H22BrCl2N3O4/c1-2-17-5-3-4-6-22(17)31-25(34)14-33-26(35)23(32-27(33)36)12-16-7-10-24(20(28)11-16)37-15-18-8-9-19(29)13-21(18)30/h3-13H,2,14-15H2,1H3,(H,31,34)(H,32,36)/b23-12+. The number of urea groups is 1. The van der Waals surface area contributed by atoms with Crippen molar-refractivity contribution in [2.45, 2.75) is 20.0 Å². The van der Waals surface area contributed by atoms with Crippen LogP contribution in [-0.4, -0.2) is 29.3 Å². The summed E-state index contributed by atoms with van der Waals surface area (Å²) in [6, 6.07) is 17.1. The monoisotopic (exact) mass is 601 g/mol. The SMILES string of the molecule is CCc1ccccc1NC(=O)CN1C(=O)N/C(=C/c2ccc(OCc3ccc(Cl)cc3Cl)c(Br)c2)C1=O. The van der Waals surface area contributed by atoms with E-state index in [-0.39, 0.29) is 12.3 Å². The van der Waals surface area contributed by atoms with Crippen LogP contribution in [0.1, 0.15) is 23.6 Å². The number of aryl methyl sites for hydroxylation is 1. The molecule has 1 aliphatic rings. The topological polar surface area (TPSA) is 87.7 Å². The van der Waals surface area contributed by atoms with Crippen molar-refractivity contribution >= 4 is 68.7 Å². The smallest absolute Gasteiger partial charge is 0.329 e. The lowest BCUT2D eigenvalue weighted by molar-refractivity contribution is -0.127. The highest BCUT2D eigenvalue weighted by Crippen LogP contribution is 2.29. The molecule has 4 rings (SSSR count). The first-order valence-electron chi connectivity index (χ1n) is 11.3. The predicted molar refractivity (Wildman–Crippen MR) is 148 cm³/mol. The van der Waals surface area contributed by atoms with Crippen molar-refractivity contribution in [1.29, 1.82) is 0 Å². The lowest BCUT2D eigenvalue weighted by atomic mass is 10.1. The van der Waals surface area contributed by atoms with E-state index in [9.17, 15) is 14.4 Å². The van der Waals surface area contributed by atoms with Gasteiger partial charge >= 0.3 is 6.03 Å². The van der Waals surface area contributed by atoms with Crippen LogP contribution in [0.4, 0.5) is 10.5 Å². The van der Waals surface area contributed by atoms with Gasteiger partial charge in [-0.05, 0) is 69.9 Å². The molecular weight excluding hydrogens is 581 g/mol. The molecule has 10 heteroatoms. The van der Waals surface area contributed by atoms with Crippen LogP contribution >= 0.6 is 39.1 Å². The van der Waals surface area contributed by atoms with E-state index in [4.69, 9.17) is 27.9 Å². The van der Waals surface area contributed by atoms with E-state index in [1.54, 1.807) is 42.5 Å². The first-order chi connectivity index (χ1) is 17.7. The molecule has 0 aromatic heterocycles. The summed E-state index contributed by atoms with van der Waals surface area (Å²) >= 11 is 15.6. The van der Waals surface area contributed by atoms with E-state index >= 15 is 0 Å². The Kier molecular flexibility index (Phi) is 8.53. The Hall–Kier alpha value is -3.33. The molecular formula is C27H22BrCl2N3O4. The Bertz CT molecular complexity index is 1410. The maximum absolute atomic E-state index is 12.8. The van der Waals surface area contributed by atoms with Crippen LogP contribution in [-0.2, 0) is 22.6 Å². The van der Waals surface area contributed by atoms with Crippen molar-refractivity contribution in [3.05, 3.63) is 97.6 Å². The number of nitrogens with one attached hydrogen (secondary N) is 2. The number of anilines is 1. The number of ether oxygens (including phenoxy) is 1. The van der Waals surface area contributed by atoms with Crippen molar-refractivity contribution in [2.75, 3.05) is 11.9 Å². The number of hydrogen-bond donors (Lipinski definition) is 2. The zero-order chi connectivity index (χ0) is 26.5. The number of halogens is 3. The van der Waals surface area contributed by atoms with E-state index in [1.165, 1.54) is 6.08 Å². The van der Waals surface area contributed by atoms with Gasteiger partial charge in [0.1, 0.15) is 24.6 Å². The molecule has 1 fully saturated rings. The molecule has 4 amide bonds. The van der Waals surface area contributed by atoms with Crippen molar-refractivity contribution in [3.8, 4) is 5.75 Å². The molecule has 190 valence electrons. The minimum Gasteiger partial charge on any atom is -0.488 e. The highest BCUT2D eigenvalue weighted by molar-refractivity contribution is 9.10. The largest absolute Gasteiger partial charge is 0.488 e. The normalized spacial score (nSPS) is 14.2. The molecule has 0 atom stereocenters. The Balaban J connectivity index is 1.41. The van der Waals surface area contributed by atoms with Crippen LogP contribution in [0.3, 0.4) is 0 Å². The van der Waals surface area contributed by atoms with Crippen LogP contribution in [0.25, 0.3) is 6.08 Å². The molecule has 7 nitrogen and oxygen atoms in total. The molecule has 0 saturated carbocycles. The lowest BCUT2D eigenvalue weighted by Gasteiger charge is -2.13. The van der Waals surface area contributed by atoms with E-state index in [1.807, 2.05) is 25.1 Å². The van der Waals surface area contributed by atoms with Gasteiger partial charge in [0.05, 0.1) is 4.47 Å². The Morgan fingerprint density at radius 1 is 1.08 bits per heavy atom. The number of imide groups is 1. The summed E-state index contributed by atoms with van der Waals surface area (Å²) in [5.74, 6) is -0.478. The van der Waals surface area contributed by atoms with Crippen LogP contribution < -0.4 is 15.4 Å². The van der Waals surface area contributed by atoms with Gasteiger partial charge in [0, 0.05) is 21.3 Å². The number of benzene rings is 3. The van der Waals surface area contributed by atoms with Crippen molar-refractivity contribution in [2.24, 2.45) is 0 Å². The minimum absolute atomic E-state index is 0.0697. The molecule has 1 saturated heterocycles. The maximum Gasteiger partial charge on any atom is 0.329 e. The third kappa shape index (κ3) is 6.52. The molecule has 1 aliphatic heterocycles. The Morgan fingerprint density at radius 3 is 2.59 bits per heavy atom.